The second-order valence-electron chi connectivity index (χ2n) is 5.25. The fraction of sp³-hybridized carbons (Fsp3) is 0.294. The van der Waals surface area contributed by atoms with Gasteiger partial charge in [-0.25, -0.2) is 17.5 Å². The Morgan fingerprint density at radius 3 is 2.16 bits per heavy atom. The molecule has 0 saturated heterocycles. The van der Waals surface area contributed by atoms with Crippen molar-refractivity contribution in [1.29, 1.82) is 0 Å². The number of hydrogen-bond donors (Lipinski definition) is 1. The van der Waals surface area contributed by atoms with Crippen LogP contribution in [0.1, 0.15) is 18.5 Å². The van der Waals surface area contributed by atoms with Crippen molar-refractivity contribution in [2.45, 2.75) is 17.9 Å². The van der Waals surface area contributed by atoms with Crippen molar-refractivity contribution in [3.8, 4) is 17.2 Å². The third kappa shape index (κ3) is 4.21. The first-order chi connectivity index (χ1) is 11.8. The van der Waals surface area contributed by atoms with Crippen LogP contribution in [0.25, 0.3) is 0 Å². The molecule has 0 fully saturated rings. The van der Waals surface area contributed by atoms with Crippen LogP contribution < -0.4 is 18.9 Å². The second kappa shape index (κ2) is 7.71. The van der Waals surface area contributed by atoms with Crippen molar-refractivity contribution in [2.75, 3.05) is 21.3 Å². The highest BCUT2D eigenvalue weighted by Crippen LogP contribution is 2.30. The molecule has 1 atom stereocenters. The van der Waals surface area contributed by atoms with E-state index in [0.717, 1.165) is 6.07 Å². The van der Waals surface area contributed by atoms with E-state index in [2.05, 4.69) is 4.72 Å². The highest BCUT2D eigenvalue weighted by molar-refractivity contribution is 7.89. The Bertz CT molecular complexity index is 854. The van der Waals surface area contributed by atoms with Gasteiger partial charge in [-0.1, -0.05) is 0 Å². The van der Waals surface area contributed by atoms with E-state index >= 15 is 0 Å². The van der Waals surface area contributed by atoms with Gasteiger partial charge in [-0.3, -0.25) is 0 Å². The fourth-order valence-electron chi connectivity index (χ4n) is 2.36. The van der Waals surface area contributed by atoms with Gasteiger partial charge < -0.3 is 14.2 Å². The summed E-state index contributed by atoms with van der Waals surface area (Å²) in [5.41, 5.74) is 0.597. The first-order valence-electron chi connectivity index (χ1n) is 7.40. The van der Waals surface area contributed by atoms with Gasteiger partial charge in [0.2, 0.25) is 10.0 Å². The van der Waals surface area contributed by atoms with Gasteiger partial charge in [0.1, 0.15) is 11.5 Å². The summed E-state index contributed by atoms with van der Waals surface area (Å²) >= 11 is 0. The molecular weight excluding hydrogens is 349 g/mol. The molecule has 136 valence electrons. The molecule has 2 rings (SSSR count). The largest absolute Gasteiger partial charge is 0.497 e. The topological polar surface area (TPSA) is 73.9 Å². The molecule has 0 bridgehead atoms. The molecule has 2 aromatic carbocycles. The molecule has 0 heterocycles. The van der Waals surface area contributed by atoms with Crippen LogP contribution >= 0.6 is 0 Å². The van der Waals surface area contributed by atoms with Gasteiger partial charge in [0.15, 0.2) is 11.6 Å². The average molecular weight is 369 g/mol. The molecule has 1 unspecified atom stereocenters. The van der Waals surface area contributed by atoms with Crippen molar-refractivity contribution in [1.82, 2.24) is 4.72 Å². The maximum Gasteiger partial charge on any atom is 0.241 e. The number of sulfonamides is 1. The summed E-state index contributed by atoms with van der Waals surface area (Å²) in [6, 6.07) is 7.91. The molecule has 0 radical (unpaired) electrons. The quantitative estimate of drug-likeness (QED) is 0.812. The van der Waals surface area contributed by atoms with Crippen LogP contribution in [0.4, 0.5) is 4.39 Å². The Kier molecular flexibility index (Phi) is 5.86. The highest BCUT2D eigenvalue weighted by atomic mass is 32.2. The lowest BCUT2D eigenvalue weighted by atomic mass is 10.1. The predicted molar refractivity (Wildman–Crippen MR) is 91.2 cm³/mol. The number of rotatable bonds is 7. The van der Waals surface area contributed by atoms with Gasteiger partial charge in [0, 0.05) is 11.6 Å². The SMILES string of the molecule is COc1ccc(OC)c(C(C)NS(=O)(=O)c2ccc(OC)c(F)c2)c1. The Labute approximate surface area is 146 Å². The maximum absolute atomic E-state index is 13.8. The van der Waals surface area contributed by atoms with E-state index < -0.39 is 21.9 Å². The number of nitrogens with one attached hydrogen (secondary N) is 1. The van der Waals surface area contributed by atoms with E-state index in [9.17, 15) is 12.8 Å². The minimum Gasteiger partial charge on any atom is -0.497 e. The maximum atomic E-state index is 13.8. The van der Waals surface area contributed by atoms with E-state index in [-0.39, 0.29) is 10.6 Å². The zero-order valence-electron chi connectivity index (χ0n) is 14.4. The van der Waals surface area contributed by atoms with Crippen molar-refractivity contribution in [2.24, 2.45) is 0 Å². The second-order valence-corrected chi connectivity index (χ2v) is 6.96. The standard InChI is InChI=1S/C17H20FNO5S/c1-11(14-9-12(22-2)5-7-16(14)23-3)19-25(20,21)13-6-8-17(24-4)15(18)10-13/h5-11,19H,1-4H3. The number of benzene rings is 2. The van der Waals surface area contributed by atoms with Gasteiger partial charge >= 0.3 is 0 Å². The molecule has 0 aliphatic heterocycles. The minimum atomic E-state index is -3.94. The van der Waals surface area contributed by atoms with Gasteiger partial charge in [-0.05, 0) is 43.3 Å². The first kappa shape index (κ1) is 19.0. The number of hydrogen-bond acceptors (Lipinski definition) is 5. The van der Waals surface area contributed by atoms with Crippen LogP contribution in [0.15, 0.2) is 41.3 Å². The smallest absolute Gasteiger partial charge is 0.241 e. The third-order valence-corrected chi connectivity index (χ3v) is 5.21. The molecule has 0 spiro atoms. The fourth-order valence-corrected chi connectivity index (χ4v) is 3.59. The van der Waals surface area contributed by atoms with Crippen LogP contribution in [-0.4, -0.2) is 29.7 Å². The van der Waals surface area contributed by atoms with Crippen LogP contribution in [-0.2, 0) is 10.0 Å². The molecular formula is C17H20FNO5S. The lowest BCUT2D eigenvalue weighted by Crippen LogP contribution is -2.27. The molecule has 0 amide bonds. The van der Waals surface area contributed by atoms with E-state index in [1.54, 1.807) is 25.1 Å². The van der Waals surface area contributed by atoms with Crippen molar-refractivity contribution in [3.05, 3.63) is 47.8 Å². The first-order valence-corrected chi connectivity index (χ1v) is 8.88. The lowest BCUT2D eigenvalue weighted by molar-refractivity contribution is 0.385. The summed E-state index contributed by atoms with van der Waals surface area (Å²) in [5.74, 6) is 0.299. The monoisotopic (exact) mass is 369 g/mol. The summed E-state index contributed by atoms with van der Waals surface area (Å²) in [7, 11) is 0.372. The Balaban J connectivity index is 2.33. The van der Waals surface area contributed by atoms with Crippen molar-refractivity contribution >= 4 is 10.0 Å². The zero-order chi connectivity index (χ0) is 18.6. The Morgan fingerprint density at radius 1 is 0.960 bits per heavy atom. The lowest BCUT2D eigenvalue weighted by Gasteiger charge is -2.18. The third-order valence-electron chi connectivity index (χ3n) is 3.67. The summed E-state index contributed by atoms with van der Waals surface area (Å²) in [6.07, 6.45) is 0. The number of methoxy groups -OCH3 is 3. The van der Waals surface area contributed by atoms with E-state index in [4.69, 9.17) is 14.2 Å². The molecule has 8 heteroatoms. The average Bonchev–Trinajstić information content (AvgIpc) is 2.60. The predicted octanol–water partition coefficient (Wildman–Crippen LogP) is 2.89. The molecule has 0 aromatic heterocycles. The van der Waals surface area contributed by atoms with E-state index in [1.165, 1.54) is 33.5 Å². The summed E-state index contributed by atoms with van der Waals surface area (Å²) in [6.45, 7) is 1.66. The number of ether oxygens (including phenoxy) is 3. The molecule has 6 nitrogen and oxygen atoms in total. The van der Waals surface area contributed by atoms with Gasteiger partial charge in [-0.15, -0.1) is 0 Å². The highest BCUT2D eigenvalue weighted by Gasteiger charge is 2.22. The van der Waals surface area contributed by atoms with Crippen molar-refractivity contribution in [3.63, 3.8) is 0 Å². The van der Waals surface area contributed by atoms with Crippen LogP contribution in [0, 0.1) is 5.82 Å². The molecule has 0 aliphatic rings. The van der Waals surface area contributed by atoms with Crippen molar-refractivity contribution < 1.29 is 27.0 Å². The van der Waals surface area contributed by atoms with Gasteiger partial charge in [-0.2, -0.15) is 0 Å². The normalized spacial score (nSPS) is 12.5. The van der Waals surface area contributed by atoms with Gasteiger partial charge in [0.05, 0.1) is 26.2 Å². The molecule has 1 N–H and O–H groups in total. The molecule has 25 heavy (non-hydrogen) atoms. The summed E-state index contributed by atoms with van der Waals surface area (Å²) < 4.78 is 56.6. The summed E-state index contributed by atoms with van der Waals surface area (Å²) in [5, 5.41) is 0. The molecule has 0 saturated carbocycles. The molecule has 0 aliphatic carbocycles. The Morgan fingerprint density at radius 2 is 1.60 bits per heavy atom. The molecule has 2 aromatic rings. The number of halogens is 1. The zero-order valence-corrected chi connectivity index (χ0v) is 15.2. The van der Waals surface area contributed by atoms with Crippen LogP contribution in [0.2, 0.25) is 0 Å². The van der Waals surface area contributed by atoms with Gasteiger partial charge in [0.25, 0.3) is 0 Å². The van der Waals surface area contributed by atoms with Crippen LogP contribution in [0.5, 0.6) is 17.2 Å². The van der Waals surface area contributed by atoms with Crippen LogP contribution in [0.3, 0.4) is 0 Å². The van der Waals surface area contributed by atoms with E-state index in [0.29, 0.717) is 17.1 Å². The summed E-state index contributed by atoms with van der Waals surface area (Å²) in [4.78, 5) is -0.195. The minimum absolute atomic E-state index is 0.0264. The van der Waals surface area contributed by atoms with E-state index in [1.807, 2.05) is 0 Å². The Hall–Kier alpha value is -2.32.